The van der Waals surface area contributed by atoms with Crippen LogP contribution in [0.25, 0.3) is 90.9 Å². The number of halogens is 3. The minimum Gasteiger partial charge on any atom is -1.00 e. The highest BCUT2D eigenvalue weighted by atomic mass is 35.5. The number of anilines is 1. The molecule has 2 aliphatic heterocycles. The third-order valence-electron chi connectivity index (χ3n) is 9.93. The highest BCUT2D eigenvalue weighted by molar-refractivity contribution is 5.99. The van der Waals surface area contributed by atoms with Crippen LogP contribution in [0, 0.1) is 0 Å². The number of aromatic amines is 2. The number of pyridine rings is 3. The van der Waals surface area contributed by atoms with Crippen molar-refractivity contribution in [3.05, 3.63) is 145 Å². The Bertz CT molecular complexity index is 2890. The fraction of sp³-hybridized carbons (Fsp3) is 0.0870. The molecule has 0 fully saturated rings. The van der Waals surface area contributed by atoms with Crippen LogP contribution in [0.2, 0.25) is 0 Å². The van der Waals surface area contributed by atoms with Gasteiger partial charge in [-0.3, -0.25) is 4.79 Å². The first kappa shape index (κ1) is 41.2. The van der Waals surface area contributed by atoms with Gasteiger partial charge in [0.15, 0.2) is 37.2 Å². The summed E-state index contributed by atoms with van der Waals surface area (Å²) >= 11 is 0. The molecule has 3 N–H and O–H groups in total. The molecule has 290 valence electrons. The van der Waals surface area contributed by atoms with Gasteiger partial charge in [0.05, 0.1) is 22.8 Å². The summed E-state index contributed by atoms with van der Waals surface area (Å²) in [6.45, 7) is 1.51. The SMILES string of the molecule is CC(=O)Nc1ccc(-c2c3nc(c(-c4ccc[n+](C)c4)c4ccc([nH]4)c(-c4ccc[n+](C)c4)c4nc(c(-c5ccc[n+](C)c5)c5ccc2[nH]5)C=C4)C=C3)cc1.[Cl-].[Cl-].[Cl-]. The molecule has 2 aliphatic rings. The van der Waals surface area contributed by atoms with Crippen molar-refractivity contribution >= 4 is 58.0 Å². The number of hydrogen-bond acceptors (Lipinski definition) is 3. The molecule has 8 bridgehead atoms. The fourth-order valence-corrected chi connectivity index (χ4v) is 7.55. The summed E-state index contributed by atoms with van der Waals surface area (Å²) in [4.78, 5) is 30.3. The van der Waals surface area contributed by atoms with E-state index in [-0.39, 0.29) is 43.1 Å². The van der Waals surface area contributed by atoms with Crippen molar-refractivity contribution in [3.63, 3.8) is 0 Å². The number of aryl methyl sites for hydroxylation is 3. The van der Waals surface area contributed by atoms with Gasteiger partial charge in [-0.25, -0.2) is 23.7 Å². The highest BCUT2D eigenvalue weighted by Gasteiger charge is 2.21. The summed E-state index contributed by atoms with van der Waals surface area (Å²) in [5.41, 5.74) is 15.8. The maximum atomic E-state index is 11.9. The van der Waals surface area contributed by atoms with Crippen LogP contribution in [0.5, 0.6) is 0 Å². The summed E-state index contributed by atoms with van der Waals surface area (Å²) in [5.74, 6) is -0.115. The van der Waals surface area contributed by atoms with Crippen LogP contribution in [0.3, 0.4) is 0 Å². The zero-order chi connectivity index (χ0) is 37.6. The average Bonchev–Trinajstić information content (AvgIpc) is 4.00. The van der Waals surface area contributed by atoms with E-state index in [1.165, 1.54) is 6.92 Å². The van der Waals surface area contributed by atoms with Crippen molar-refractivity contribution < 1.29 is 55.7 Å². The van der Waals surface area contributed by atoms with Gasteiger partial charge in [-0.2, -0.15) is 0 Å². The Hall–Kier alpha value is -6.39. The van der Waals surface area contributed by atoms with E-state index in [1.807, 2.05) is 64.0 Å². The Balaban J connectivity index is 0.00000189. The van der Waals surface area contributed by atoms with Crippen LogP contribution >= 0.6 is 0 Å². The molecule has 9 nitrogen and oxygen atoms in total. The topological polar surface area (TPSA) is 98.1 Å². The first-order valence-electron chi connectivity index (χ1n) is 18.2. The second-order valence-electron chi connectivity index (χ2n) is 14.0. The van der Waals surface area contributed by atoms with Gasteiger partial charge in [-0.05, 0) is 84.5 Å². The van der Waals surface area contributed by atoms with Crippen LogP contribution in [-0.2, 0) is 25.9 Å². The van der Waals surface area contributed by atoms with Gasteiger partial charge in [0, 0.05) is 91.8 Å². The predicted molar refractivity (Wildman–Crippen MR) is 218 cm³/mol. The molecule has 12 heteroatoms. The lowest BCUT2D eigenvalue weighted by Crippen LogP contribution is -3.00. The maximum absolute atomic E-state index is 11.9. The Morgan fingerprint density at radius 1 is 0.483 bits per heavy atom. The van der Waals surface area contributed by atoms with Gasteiger partial charge in [0.25, 0.3) is 0 Å². The lowest BCUT2D eigenvalue weighted by molar-refractivity contribution is -0.671. The fourth-order valence-electron chi connectivity index (χ4n) is 7.55. The number of carbonyl (C=O) groups excluding carboxylic acids is 1. The van der Waals surface area contributed by atoms with E-state index in [2.05, 4.69) is 133 Å². The number of carbonyl (C=O) groups is 1. The van der Waals surface area contributed by atoms with Crippen LogP contribution < -0.4 is 56.2 Å². The first-order valence-corrected chi connectivity index (χ1v) is 18.2. The van der Waals surface area contributed by atoms with E-state index in [4.69, 9.17) is 9.97 Å². The van der Waals surface area contributed by atoms with Gasteiger partial charge in [-0.15, -0.1) is 0 Å². The molecule has 6 aromatic heterocycles. The van der Waals surface area contributed by atoms with Crippen LogP contribution in [0.1, 0.15) is 29.7 Å². The smallest absolute Gasteiger partial charge is 0.221 e. The van der Waals surface area contributed by atoms with Crippen molar-refractivity contribution in [2.45, 2.75) is 6.92 Å². The number of aromatic nitrogens is 7. The Morgan fingerprint density at radius 3 is 1.12 bits per heavy atom. The average molecular weight is 826 g/mol. The zero-order valence-corrected chi connectivity index (χ0v) is 34.4. The second-order valence-corrected chi connectivity index (χ2v) is 14.0. The van der Waals surface area contributed by atoms with Gasteiger partial charge in [0.1, 0.15) is 21.1 Å². The third-order valence-corrected chi connectivity index (χ3v) is 9.93. The number of H-pyrrole nitrogens is 2. The van der Waals surface area contributed by atoms with E-state index < -0.39 is 0 Å². The van der Waals surface area contributed by atoms with E-state index >= 15 is 0 Å². The number of nitrogens with zero attached hydrogens (tertiary/aromatic N) is 5. The van der Waals surface area contributed by atoms with Crippen LogP contribution in [-0.4, -0.2) is 25.8 Å². The molecule has 0 atom stereocenters. The van der Waals surface area contributed by atoms with Crippen LogP contribution in [0.4, 0.5) is 5.69 Å². The molecule has 0 spiro atoms. The predicted octanol–water partition coefficient (Wildman–Crippen LogP) is -1.23. The number of rotatable bonds is 5. The molecule has 0 aliphatic carbocycles. The van der Waals surface area contributed by atoms with Gasteiger partial charge >= 0.3 is 0 Å². The molecule has 1 aromatic carbocycles. The molecule has 8 heterocycles. The molecule has 0 saturated carbocycles. The summed E-state index contributed by atoms with van der Waals surface area (Å²) in [6, 6.07) is 29.0. The number of nitrogens with one attached hydrogen (secondary N) is 3. The van der Waals surface area contributed by atoms with E-state index in [0.717, 1.165) is 95.0 Å². The minimum atomic E-state index is -0.115. The van der Waals surface area contributed by atoms with E-state index in [1.54, 1.807) is 0 Å². The van der Waals surface area contributed by atoms with Crippen molar-refractivity contribution in [2.24, 2.45) is 21.1 Å². The molecule has 58 heavy (non-hydrogen) atoms. The summed E-state index contributed by atoms with van der Waals surface area (Å²) < 4.78 is 6.18. The van der Waals surface area contributed by atoms with E-state index in [9.17, 15) is 4.79 Å². The van der Waals surface area contributed by atoms with E-state index in [0.29, 0.717) is 0 Å². The maximum Gasteiger partial charge on any atom is 0.221 e. The molecule has 7 aromatic rings. The Labute approximate surface area is 354 Å². The number of benzene rings is 1. The lowest BCUT2D eigenvalue weighted by atomic mass is 10.0. The second kappa shape index (κ2) is 17.0. The number of hydrogen-bond donors (Lipinski definition) is 3. The summed E-state index contributed by atoms with van der Waals surface area (Å²) in [6.07, 6.45) is 20.9. The first-order chi connectivity index (χ1) is 26.8. The summed E-state index contributed by atoms with van der Waals surface area (Å²) in [7, 11) is 6.10. The van der Waals surface area contributed by atoms with Crippen molar-refractivity contribution in [1.82, 2.24) is 19.9 Å². The normalized spacial score (nSPS) is 11.3. The minimum absolute atomic E-state index is 0. The molecule has 0 radical (unpaired) electrons. The quantitative estimate of drug-likeness (QED) is 0.190. The number of fused-ring (bicyclic) bond motifs is 8. The third kappa shape index (κ3) is 7.93. The summed E-state index contributed by atoms with van der Waals surface area (Å²) in [5, 5.41) is 2.89. The van der Waals surface area contributed by atoms with Crippen LogP contribution in [0.15, 0.2) is 122 Å². The lowest BCUT2D eigenvalue weighted by Gasteiger charge is -2.07. The Kier molecular flexibility index (Phi) is 12.1. The van der Waals surface area contributed by atoms with Gasteiger partial charge in [-0.1, -0.05) is 12.1 Å². The monoisotopic (exact) mass is 824 g/mol. The molecule has 0 saturated heterocycles. The largest absolute Gasteiger partial charge is 1.00 e. The van der Waals surface area contributed by atoms with Crippen molar-refractivity contribution in [1.29, 1.82) is 0 Å². The highest BCUT2D eigenvalue weighted by Crippen LogP contribution is 2.38. The number of amides is 1. The van der Waals surface area contributed by atoms with Crippen molar-refractivity contribution in [3.8, 4) is 44.5 Å². The standard InChI is InChI=1S/C46H38N8O.3ClH/c1-29(55)47-34-13-11-30(12-14-34)43-35-15-17-37(48-35)44(31-8-5-23-52(2)26-31)39-19-21-41(50-39)46(33-10-7-25-54(4)28-33)42-22-20-40(51-42)45(38-18-16-36(43)49-38)32-9-6-24-53(3)27-32;;;/h5-28H,1-4H3,(H2-,47,48,49,50,51,55);3*1H/q+2;;;/p-2. The zero-order valence-electron chi connectivity index (χ0n) is 32.1. The molecular formula is C46H39Cl3N8O. The van der Waals surface area contributed by atoms with Crippen molar-refractivity contribution in [2.75, 3.05) is 5.32 Å². The molecule has 1 amide bonds. The molecular weight excluding hydrogens is 787 g/mol. The molecule has 9 rings (SSSR count). The Morgan fingerprint density at radius 2 is 0.810 bits per heavy atom. The molecule has 0 unspecified atom stereocenters. The van der Waals surface area contributed by atoms with Gasteiger partial charge in [0.2, 0.25) is 5.91 Å². The van der Waals surface area contributed by atoms with Gasteiger partial charge < -0.3 is 52.5 Å².